The van der Waals surface area contributed by atoms with Gasteiger partial charge in [-0.05, 0) is 12.1 Å². The third-order valence-electron chi connectivity index (χ3n) is 2.13. The van der Waals surface area contributed by atoms with E-state index in [0.717, 1.165) is 10.8 Å². The smallest absolute Gasteiger partial charge is 0.135 e. The average Bonchev–Trinajstić information content (AvgIpc) is 2.60. The summed E-state index contributed by atoms with van der Waals surface area (Å²) < 4.78 is 21.0. The molecule has 0 N–H and O–H groups in total. The van der Waals surface area contributed by atoms with Crippen molar-refractivity contribution in [1.29, 1.82) is 0 Å². The highest BCUT2D eigenvalue weighted by Gasteiger charge is 2.02. The molecule has 0 fully saturated rings. The lowest BCUT2D eigenvalue weighted by atomic mass is 10.2. The fourth-order valence-electron chi connectivity index (χ4n) is 1.54. The van der Waals surface area contributed by atoms with Crippen LogP contribution >= 0.6 is 0 Å². The Hall–Kier alpha value is -1.76. The topological polar surface area (TPSA) is 13.1 Å². The highest BCUT2D eigenvalue weighted by molar-refractivity contribution is 6.04. The summed E-state index contributed by atoms with van der Waals surface area (Å²) in [5.74, 6) is 0. The van der Waals surface area contributed by atoms with Gasteiger partial charge in [0.2, 0.25) is 0 Å². The fourth-order valence-corrected chi connectivity index (χ4v) is 1.54. The van der Waals surface area contributed by atoms with E-state index >= 15 is 0 Å². The second-order valence-corrected chi connectivity index (χ2v) is 2.93. The molecule has 62 valence electrons. The SMILES string of the molecule is [2H]c1cccc2c1oc1c([2H])cccc12. The third kappa shape index (κ3) is 0.872. The summed E-state index contributed by atoms with van der Waals surface area (Å²) in [6, 6.07) is 11.6. The molecule has 0 amide bonds. The van der Waals surface area contributed by atoms with Crippen LogP contribution in [0.3, 0.4) is 0 Å². The molecular formula is C12H8O. The Morgan fingerprint density at radius 3 is 1.92 bits per heavy atom. The highest BCUT2D eigenvalue weighted by Crippen LogP contribution is 2.27. The van der Waals surface area contributed by atoms with Crippen molar-refractivity contribution >= 4 is 21.9 Å². The van der Waals surface area contributed by atoms with Crippen LogP contribution in [-0.2, 0) is 0 Å². The van der Waals surface area contributed by atoms with Crippen LogP contribution in [0.15, 0.2) is 52.9 Å². The summed E-state index contributed by atoms with van der Waals surface area (Å²) in [6.07, 6.45) is 0. The van der Waals surface area contributed by atoms with Gasteiger partial charge < -0.3 is 4.42 Å². The first-order valence-electron chi connectivity index (χ1n) is 5.15. The maximum absolute atomic E-state index is 7.71. The molecule has 0 atom stereocenters. The second kappa shape index (κ2) is 2.36. The zero-order valence-corrected chi connectivity index (χ0v) is 6.87. The Kier molecular flexibility index (Phi) is 0.922. The van der Waals surface area contributed by atoms with Crippen molar-refractivity contribution in [3.63, 3.8) is 0 Å². The second-order valence-electron chi connectivity index (χ2n) is 2.93. The number of furan rings is 1. The summed E-state index contributed by atoms with van der Waals surface area (Å²) in [5.41, 5.74) is 1.12. The summed E-state index contributed by atoms with van der Waals surface area (Å²) >= 11 is 0. The van der Waals surface area contributed by atoms with Crippen molar-refractivity contribution in [3.8, 4) is 0 Å². The zero-order valence-electron chi connectivity index (χ0n) is 8.87. The Labute approximate surface area is 78.4 Å². The van der Waals surface area contributed by atoms with Crippen LogP contribution in [0.1, 0.15) is 2.74 Å². The molecule has 0 unspecified atom stereocenters. The Balaban J connectivity index is 2.63. The molecule has 3 aromatic rings. The van der Waals surface area contributed by atoms with Gasteiger partial charge in [-0.2, -0.15) is 0 Å². The number of fused-ring (bicyclic) bond motifs is 3. The largest absolute Gasteiger partial charge is 0.456 e. The normalized spacial score (nSPS) is 13.2. The predicted molar refractivity (Wildman–Crippen MR) is 53.7 cm³/mol. The van der Waals surface area contributed by atoms with Crippen molar-refractivity contribution in [2.24, 2.45) is 0 Å². The number of benzene rings is 2. The molecule has 0 spiro atoms. The first-order chi connectivity index (χ1) is 7.27. The Morgan fingerprint density at radius 1 is 0.846 bits per heavy atom. The highest BCUT2D eigenvalue weighted by atomic mass is 16.3. The zero-order chi connectivity index (χ0) is 10.4. The average molecular weight is 170 g/mol. The van der Waals surface area contributed by atoms with Crippen LogP contribution in [0.4, 0.5) is 0 Å². The molecule has 0 aliphatic heterocycles. The van der Waals surface area contributed by atoms with E-state index in [4.69, 9.17) is 7.16 Å². The van der Waals surface area contributed by atoms with Crippen LogP contribution < -0.4 is 0 Å². The van der Waals surface area contributed by atoms with E-state index in [1.807, 2.05) is 24.3 Å². The van der Waals surface area contributed by atoms with Crippen LogP contribution in [0.5, 0.6) is 0 Å². The minimum atomic E-state index is 0.364. The van der Waals surface area contributed by atoms with Gasteiger partial charge in [-0.25, -0.2) is 0 Å². The van der Waals surface area contributed by atoms with E-state index in [1.54, 1.807) is 12.1 Å². The number of hydrogen-bond acceptors (Lipinski definition) is 1. The van der Waals surface area contributed by atoms with Crippen LogP contribution in [0, 0.1) is 0 Å². The minimum absolute atomic E-state index is 0.364. The summed E-state index contributed by atoms with van der Waals surface area (Å²) in [5, 5.41) is 1.82. The standard InChI is InChI=1S/C12H8O/c1-3-7-11-9(5-1)10-6-2-4-8-12(10)13-11/h1-8H/i7D,8D. The summed E-state index contributed by atoms with van der Waals surface area (Å²) in [7, 11) is 0. The molecule has 1 aromatic heterocycles. The molecule has 3 rings (SSSR count). The lowest BCUT2D eigenvalue weighted by molar-refractivity contribution is 0.669. The van der Waals surface area contributed by atoms with Crippen molar-refractivity contribution in [2.75, 3.05) is 0 Å². The number of para-hydroxylation sites is 2. The number of rotatable bonds is 0. The van der Waals surface area contributed by atoms with Crippen LogP contribution in [0.2, 0.25) is 0 Å². The van der Waals surface area contributed by atoms with Crippen molar-refractivity contribution in [1.82, 2.24) is 0 Å². The Morgan fingerprint density at radius 2 is 1.38 bits per heavy atom. The van der Waals surface area contributed by atoms with Gasteiger partial charge in [0.1, 0.15) is 11.2 Å². The molecule has 1 heteroatoms. The van der Waals surface area contributed by atoms with E-state index in [-0.39, 0.29) is 0 Å². The lowest BCUT2D eigenvalue weighted by Crippen LogP contribution is -1.62. The van der Waals surface area contributed by atoms with Gasteiger partial charge in [-0.1, -0.05) is 36.4 Å². The predicted octanol–water partition coefficient (Wildman–Crippen LogP) is 3.59. The molecule has 13 heavy (non-hydrogen) atoms. The van der Waals surface area contributed by atoms with E-state index in [9.17, 15) is 0 Å². The molecule has 1 heterocycles. The number of hydrogen-bond donors (Lipinski definition) is 0. The molecule has 0 saturated carbocycles. The van der Waals surface area contributed by atoms with Gasteiger partial charge in [0, 0.05) is 10.8 Å². The van der Waals surface area contributed by atoms with E-state index < -0.39 is 0 Å². The minimum Gasteiger partial charge on any atom is -0.456 e. The van der Waals surface area contributed by atoms with E-state index in [2.05, 4.69) is 0 Å². The monoisotopic (exact) mass is 170 g/mol. The van der Waals surface area contributed by atoms with Crippen LogP contribution in [0.25, 0.3) is 21.9 Å². The fraction of sp³-hybridized carbons (Fsp3) is 0. The molecule has 1 nitrogen and oxygen atoms in total. The quantitative estimate of drug-likeness (QED) is 0.502. The van der Waals surface area contributed by atoms with E-state index in [0.29, 0.717) is 23.3 Å². The summed E-state index contributed by atoms with van der Waals surface area (Å²) in [4.78, 5) is 0. The maximum Gasteiger partial charge on any atom is 0.135 e. The molecule has 2 aromatic carbocycles. The molecule has 0 aliphatic carbocycles. The van der Waals surface area contributed by atoms with Gasteiger partial charge in [0.15, 0.2) is 0 Å². The first-order valence-corrected chi connectivity index (χ1v) is 4.15. The first kappa shape index (κ1) is 5.07. The van der Waals surface area contributed by atoms with Crippen molar-refractivity contribution in [3.05, 3.63) is 48.5 Å². The Bertz CT molecular complexity index is 599. The molecule has 0 aliphatic rings. The molecule has 0 bridgehead atoms. The molecule has 0 radical (unpaired) electrons. The van der Waals surface area contributed by atoms with Crippen molar-refractivity contribution in [2.45, 2.75) is 0 Å². The summed E-state index contributed by atoms with van der Waals surface area (Å²) in [6.45, 7) is 0. The van der Waals surface area contributed by atoms with Crippen molar-refractivity contribution < 1.29 is 7.16 Å². The third-order valence-corrected chi connectivity index (χ3v) is 2.13. The van der Waals surface area contributed by atoms with Gasteiger partial charge in [-0.3, -0.25) is 0 Å². The van der Waals surface area contributed by atoms with Gasteiger partial charge >= 0.3 is 0 Å². The van der Waals surface area contributed by atoms with Crippen LogP contribution in [-0.4, -0.2) is 0 Å². The van der Waals surface area contributed by atoms with E-state index in [1.165, 1.54) is 0 Å². The molecule has 0 saturated heterocycles. The lowest BCUT2D eigenvalue weighted by Gasteiger charge is -1.85. The van der Waals surface area contributed by atoms with Gasteiger partial charge in [-0.15, -0.1) is 0 Å². The van der Waals surface area contributed by atoms with Gasteiger partial charge in [0.25, 0.3) is 0 Å². The van der Waals surface area contributed by atoms with Gasteiger partial charge in [0.05, 0.1) is 2.74 Å². The maximum atomic E-state index is 7.71. The molecular weight excluding hydrogens is 160 g/mol.